The summed E-state index contributed by atoms with van der Waals surface area (Å²) in [6.07, 6.45) is 0.392. The number of benzene rings is 1. The second kappa shape index (κ2) is 6.70. The average Bonchev–Trinajstić information content (AvgIpc) is 2.27. The molecule has 0 bridgehead atoms. The molecule has 19 heavy (non-hydrogen) atoms. The molecule has 0 saturated heterocycles. The van der Waals surface area contributed by atoms with Crippen LogP contribution in [0.15, 0.2) is 23.1 Å². The van der Waals surface area contributed by atoms with Crippen LogP contribution in [0.5, 0.6) is 0 Å². The molecule has 1 aromatic carbocycles. The first-order chi connectivity index (χ1) is 8.77. The van der Waals surface area contributed by atoms with Crippen molar-refractivity contribution in [2.45, 2.75) is 38.1 Å². The van der Waals surface area contributed by atoms with Crippen molar-refractivity contribution in [2.24, 2.45) is 5.92 Å². The van der Waals surface area contributed by atoms with Crippen molar-refractivity contribution in [1.82, 2.24) is 4.72 Å². The lowest BCUT2D eigenvalue weighted by molar-refractivity contribution is 0.256. The molecular weight excluding hydrogens is 286 g/mol. The Hall–Kier alpha value is -0.620. The molecule has 1 unspecified atom stereocenters. The van der Waals surface area contributed by atoms with Crippen molar-refractivity contribution in [3.63, 3.8) is 0 Å². The second-order valence-electron chi connectivity index (χ2n) is 4.89. The smallest absolute Gasteiger partial charge is 0.241 e. The molecule has 0 aliphatic carbocycles. The number of aliphatic hydroxyl groups excluding tert-OH is 1. The van der Waals surface area contributed by atoms with E-state index < -0.39 is 10.0 Å². The molecule has 108 valence electrons. The largest absolute Gasteiger partial charge is 0.396 e. The van der Waals surface area contributed by atoms with E-state index in [-0.39, 0.29) is 23.5 Å². The molecule has 2 N–H and O–H groups in total. The predicted octanol–water partition coefficient (Wildman–Crippen LogP) is 2.33. The van der Waals surface area contributed by atoms with Gasteiger partial charge in [-0.15, -0.1) is 0 Å². The highest BCUT2D eigenvalue weighted by atomic mass is 35.5. The number of aryl methyl sites for hydroxylation is 1. The van der Waals surface area contributed by atoms with Crippen molar-refractivity contribution < 1.29 is 13.5 Å². The van der Waals surface area contributed by atoms with Gasteiger partial charge in [0.1, 0.15) is 0 Å². The Kier molecular flexibility index (Phi) is 5.80. The number of hydrogen-bond donors (Lipinski definition) is 2. The van der Waals surface area contributed by atoms with E-state index >= 15 is 0 Å². The summed E-state index contributed by atoms with van der Waals surface area (Å²) >= 11 is 5.82. The van der Waals surface area contributed by atoms with Gasteiger partial charge in [-0.1, -0.05) is 25.4 Å². The molecule has 0 fully saturated rings. The minimum absolute atomic E-state index is 0.0506. The Morgan fingerprint density at radius 2 is 2.00 bits per heavy atom. The Labute approximate surface area is 119 Å². The standard InChI is InChI=1S/C13H20ClNO3S/c1-9(2)12(6-7-16)15-19(17,18)13-5-4-11(14)8-10(13)3/h4-5,8-9,12,15-16H,6-7H2,1-3H3. The van der Waals surface area contributed by atoms with Crippen LogP contribution in [0.4, 0.5) is 0 Å². The summed E-state index contributed by atoms with van der Waals surface area (Å²) in [5, 5.41) is 9.50. The minimum Gasteiger partial charge on any atom is -0.396 e. The number of aliphatic hydroxyl groups is 1. The van der Waals surface area contributed by atoms with Crippen LogP contribution < -0.4 is 4.72 Å². The van der Waals surface area contributed by atoms with Crippen LogP contribution in [-0.2, 0) is 10.0 Å². The summed E-state index contributed by atoms with van der Waals surface area (Å²) in [6, 6.07) is 4.38. The average molecular weight is 306 g/mol. The van der Waals surface area contributed by atoms with Crippen molar-refractivity contribution in [3.8, 4) is 0 Å². The molecular formula is C13H20ClNO3S. The normalized spacial score (nSPS) is 13.8. The van der Waals surface area contributed by atoms with Gasteiger partial charge >= 0.3 is 0 Å². The third kappa shape index (κ3) is 4.45. The quantitative estimate of drug-likeness (QED) is 0.847. The van der Waals surface area contributed by atoms with Gasteiger partial charge in [0.25, 0.3) is 0 Å². The summed E-state index contributed by atoms with van der Waals surface area (Å²) in [4.78, 5) is 0.223. The van der Waals surface area contributed by atoms with Gasteiger partial charge in [0, 0.05) is 17.7 Å². The van der Waals surface area contributed by atoms with Gasteiger partial charge in [-0.2, -0.15) is 0 Å². The van der Waals surface area contributed by atoms with Crippen LogP contribution in [0.1, 0.15) is 25.8 Å². The van der Waals surface area contributed by atoms with Crippen molar-refractivity contribution in [2.75, 3.05) is 6.61 Å². The Morgan fingerprint density at radius 1 is 1.37 bits per heavy atom. The van der Waals surface area contributed by atoms with E-state index in [1.165, 1.54) is 6.07 Å². The van der Waals surface area contributed by atoms with Crippen molar-refractivity contribution in [1.29, 1.82) is 0 Å². The van der Waals surface area contributed by atoms with Gasteiger partial charge < -0.3 is 5.11 Å². The van der Waals surface area contributed by atoms with Crippen LogP contribution in [-0.4, -0.2) is 26.2 Å². The van der Waals surface area contributed by atoms with Gasteiger partial charge in [0.15, 0.2) is 0 Å². The maximum Gasteiger partial charge on any atom is 0.241 e. The summed E-state index contributed by atoms with van der Waals surface area (Å²) in [7, 11) is -3.59. The third-order valence-corrected chi connectivity index (χ3v) is 4.86. The van der Waals surface area contributed by atoms with E-state index in [9.17, 15) is 8.42 Å². The molecule has 1 aromatic rings. The fourth-order valence-corrected chi connectivity index (χ4v) is 3.72. The van der Waals surface area contributed by atoms with Crippen molar-refractivity contribution in [3.05, 3.63) is 28.8 Å². The van der Waals surface area contributed by atoms with Crippen LogP contribution in [0.2, 0.25) is 5.02 Å². The molecule has 0 radical (unpaired) electrons. The molecule has 0 aliphatic rings. The van der Waals surface area contributed by atoms with Crippen molar-refractivity contribution >= 4 is 21.6 Å². The van der Waals surface area contributed by atoms with Crippen LogP contribution in [0, 0.1) is 12.8 Å². The minimum atomic E-state index is -3.59. The van der Waals surface area contributed by atoms with E-state index in [4.69, 9.17) is 16.7 Å². The Balaban J connectivity index is 3.03. The molecule has 0 amide bonds. The summed E-state index contributed by atoms with van der Waals surface area (Å²) in [5.41, 5.74) is 0.603. The van der Waals surface area contributed by atoms with Crippen LogP contribution >= 0.6 is 11.6 Å². The fourth-order valence-electron chi connectivity index (χ4n) is 1.84. The number of halogens is 1. The number of nitrogens with one attached hydrogen (secondary N) is 1. The lowest BCUT2D eigenvalue weighted by Gasteiger charge is -2.22. The Morgan fingerprint density at radius 3 is 2.47 bits per heavy atom. The molecule has 1 atom stereocenters. The zero-order valence-corrected chi connectivity index (χ0v) is 12.9. The van der Waals surface area contributed by atoms with E-state index in [0.717, 1.165) is 0 Å². The molecule has 0 spiro atoms. The van der Waals surface area contributed by atoms with E-state index in [1.54, 1.807) is 19.1 Å². The molecule has 0 saturated carbocycles. The SMILES string of the molecule is Cc1cc(Cl)ccc1S(=O)(=O)NC(CCO)C(C)C. The second-order valence-corrected chi connectivity index (χ2v) is 7.01. The first kappa shape index (κ1) is 16.4. The highest BCUT2D eigenvalue weighted by Gasteiger charge is 2.23. The topological polar surface area (TPSA) is 66.4 Å². The Bertz CT molecular complexity index is 529. The molecule has 0 aromatic heterocycles. The van der Waals surface area contributed by atoms with E-state index in [2.05, 4.69) is 4.72 Å². The van der Waals surface area contributed by atoms with Gasteiger partial charge in [-0.05, 0) is 43.0 Å². The number of sulfonamides is 1. The van der Waals surface area contributed by atoms with Gasteiger partial charge in [0.2, 0.25) is 10.0 Å². The zero-order chi connectivity index (χ0) is 14.6. The van der Waals surface area contributed by atoms with Gasteiger partial charge in [-0.3, -0.25) is 0 Å². The van der Waals surface area contributed by atoms with Crippen LogP contribution in [0.3, 0.4) is 0 Å². The highest BCUT2D eigenvalue weighted by molar-refractivity contribution is 7.89. The summed E-state index contributed by atoms with van der Waals surface area (Å²) in [5.74, 6) is 0.106. The lowest BCUT2D eigenvalue weighted by atomic mass is 10.0. The highest BCUT2D eigenvalue weighted by Crippen LogP contribution is 2.20. The van der Waals surface area contributed by atoms with E-state index in [1.807, 2.05) is 13.8 Å². The van der Waals surface area contributed by atoms with Crippen LogP contribution in [0.25, 0.3) is 0 Å². The van der Waals surface area contributed by atoms with E-state index in [0.29, 0.717) is 17.0 Å². The summed E-state index contributed by atoms with van der Waals surface area (Å²) in [6.45, 7) is 5.48. The number of hydrogen-bond acceptors (Lipinski definition) is 3. The lowest BCUT2D eigenvalue weighted by Crippen LogP contribution is -2.39. The first-order valence-electron chi connectivity index (χ1n) is 6.17. The number of rotatable bonds is 6. The maximum atomic E-state index is 12.3. The fraction of sp³-hybridized carbons (Fsp3) is 0.538. The van der Waals surface area contributed by atoms with Gasteiger partial charge in [0.05, 0.1) is 4.90 Å². The molecule has 0 aliphatic heterocycles. The molecule has 6 heteroatoms. The zero-order valence-electron chi connectivity index (χ0n) is 11.4. The first-order valence-corrected chi connectivity index (χ1v) is 8.03. The predicted molar refractivity (Wildman–Crippen MR) is 76.8 cm³/mol. The summed E-state index contributed by atoms with van der Waals surface area (Å²) < 4.78 is 27.3. The third-order valence-electron chi connectivity index (χ3n) is 2.98. The maximum absolute atomic E-state index is 12.3. The molecule has 4 nitrogen and oxygen atoms in total. The monoisotopic (exact) mass is 305 g/mol. The van der Waals surface area contributed by atoms with Gasteiger partial charge in [-0.25, -0.2) is 13.1 Å². The molecule has 0 heterocycles. The molecule has 1 rings (SSSR count).